The fourth-order valence-electron chi connectivity index (χ4n) is 4.72. The Bertz CT molecular complexity index is 1340. The molecule has 0 aliphatic heterocycles. The molecule has 1 aliphatic carbocycles. The third kappa shape index (κ3) is 3.81. The van der Waals surface area contributed by atoms with Crippen LogP contribution in [-0.2, 0) is 17.8 Å². The van der Waals surface area contributed by atoms with E-state index in [4.69, 9.17) is 0 Å². The van der Waals surface area contributed by atoms with E-state index in [1.807, 2.05) is 47.0 Å². The van der Waals surface area contributed by atoms with Crippen molar-refractivity contribution in [3.63, 3.8) is 0 Å². The second-order valence-electron chi connectivity index (χ2n) is 8.17. The lowest BCUT2D eigenvalue weighted by Gasteiger charge is -2.26. The predicted molar refractivity (Wildman–Crippen MR) is 126 cm³/mol. The van der Waals surface area contributed by atoms with Crippen LogP contribution in [0.25, 0.3) is 16.6 Å². The molecule has 2 aromatic carbocycles. The number of rotatable bonds is 5. The molecule has 5 rings (SSSR count). The van der Waals surface area contributed by atoms with E-state index in [1.165, 1.54) is 11.1 Å². The molecule has 0 bridgehead atoms. The first-order chi connectivity index (χ1) is 15.1. The number of carbonyl (C=O) groups is 1. The molecule has 0 saturated heterocycles. The molecule has 2 aromatic heterocycles. The van der Waals surface area contributed by atoms with Crippen LogP contribution in [0, 0.1) is 0 Å². The van der Waals surface area contributed by atoms with Crippen molar-refractivity contribution >= 4 is 38.4 Å². The highest BCUT2D eigenvalue weighted by Gasteiger charge is 2.21. The maximum Gasteiger partial charge on any atom is 0.275 e. The molecular weight excluding hydrogens is 454 g/mol. The van der Waals surface area contributed by atoms with E-state index in [2.05, 4.69) is 39.4 Å². The maximum absolute atomic E-state index is 13.1. The quantitative estimate of drug-likeness (QED) is 0.440. The van der Waals surface area contributed by atoms with Gasteiger partial charge in [0.1, 0.15) is 5.52 Å². The van der Waals surface area contributed by atoms with E-state index >= 15 is 0 Å². The van der Waals surface area contributed by atoms with Crippen LogP contribution in [0.3, 0.4) is 0 Å². The molecule has 1 amide bonds. The summed E-state index contributed by atoms with van der Waals surface area (Å²) in [5.74, 6) is 0.0454. The maximum atomic E-state index is 13.1. The van der Waals surface area contributed by atoms with Gasteiger partial charge in [-0.2, -0.15) is 0 Å². The van der Waals surface area contributed by atoms with Gasteiger partial charge in [-0.25, -0.2) is 0 Å². The minimum absolute atomic E-state index is 0.0304. The van der Waals surface area contributed by atoms with Crippen LogP contribution in [0.1, 0.15) is 42.9 Å². The summed E-state index contributed by atoms with van der Waals surface area (Å²) < 4.78 is 4.64. The molecule has 31 heavy (non-hydrogen) atoms. The number of amides is 1. The normalized spacial score (nSPS) is 15.8. The van der Waals surface area contributed by atoms with Crippen LogP contribution in [0.5, 0.6) is 0 Å². The fourth-order valence-corrected chi connectivity index (χ4v) is 5.07. The van der Waals surface area contributed by atoms with Gasteiger partial charge in [-0.1, -0.05) is 40.2 Å². The summed E-state index contributed by atoms with van der Waals surface area (Å²) in [5.41, 5.74) is 5.04. The molecule has 0 saturated carbocycles. The first kappa shape index (κ1) is 20.1. The summed E-state index contributed by atoms with van der Waals surface area (Å²) in [5, 5.41) is 3.21. The Hall–Kier alpha value is -2.86. The predicted octanol–water partition coefficient (Wildman–Crippen LogP) is 4.99. The van der Waals surface area contributed by atoms with Gasteiger partial charge in [0.15, 0.2) is 0 Å². The van der Waals surface area contributed by atoms with Gasteiger partial charge in [0, 0.05) is 23.6 Å². The van der Waals surface area contributed by atoms with Crippen LogP contribution in [0.15, 0.2) is 70.1 Å². The van der Waals surface area contributed by atoms with Crippen LogP contribution in [0.4, 0.5) is 0 Å². The number of nitrogens with zero attached hydrogens (tertiary/aromatic N) is 2. The van der Waals surface area contributed by atoms with Crippen LogP contribution < -0.4 is 10.9 Å². The molecule has 5 nitrogen and oxygen atoms in total. The van der Waals surface area contributed by atoms with Gasteiger partial charge in [-0.15, -0.1) is 0 Å². The molecule has 1 aliphatic rings. The summed E-state index contributed by atoms with van der Waals surface area (Å²) in [6.45, 7) is 0.502. The van der Waals surface area contributed by atoms with E-state index in [9.17, 15) is 9.59 Å². The average molecular weight is 478 g/mol. The molecule has 0 unspecified atom stereocenters. The summed E-state index contributed by atoms with van der Waals surface area (Å²) >= 11 is 3.52. The first-order valence-electron chi connectivity index (χ1n) is 10.8. The molecule has 1 atom stereocenters. The minimum atomic E-state index is -0.0304. The largest absolute Gasteiger partial charge is 0.349 e. The molecule has 158 valence electrons. The zero-order valence-corrected chi connectivity index (χ0v) is 18.8. The summed E-state index contributed by atoms with van der Waals surface area (Å²) in [4.78, 5) is 25.7. The van der Waals surface area contributed by atoms with E-state index in [0.717, 1.165) is 34.8 Å². The third-order valence-corrected chi connectivity index (χ3v) is 6.68. The second-order valence-corrected chi connectivity index (χ2v) is 9.08. The Morgan fingerprint density at radius 2 is 1.94 bits per heavy atom. The number of hydrogen-bond acceptors (Lipinski definition) is 2. The van der Waals surface area contributed by atoms with Crippen molar-refractivity contribution in [3.8, 4) is 0 Å². The number of carbonyl (C=O) groups excluding carboxylic acids is 1. The second kappa shape index (κ2) is 8.35. The summed E-state index contributed by atoms with van der Waals surface area (Å²) in [6, 6.07) is 18.1. The minimum Gasteiger partial charge on any atom is -0.349 e. The van der Waals surface area contributed by atoms with Gasteiger partial charge in [0.25, 0.3) is 5.56 Å². The topological polar surface area (TPSA) is 55.5 Å². The van der Waals surface area contributed by atoms with E-state index < -0.39 is 0 Å². The number of fused-ring (bicyclic) bond motifs is 4. The highest BCUT2D eigenvalue weighted by molar-refractivity contribution is 9.10. The average Bonchev–Trinajstić information content (AvgIpc) is 3.26. The van der Waals surface area contributed by atoms with Gasteiger partial charge >= 0.3 is 0 Å². The number of nitrogens with one attached hydrogen (secondary N) is 1. The molecule has 0 radical (unpaired) electrons. The van der Waals surface area contributed by atoms with E-state index in [-0.39, 0.29) is 17.5 Å². The van der Waals surface area contributed by atoms with Gasteiger partial charge in [0.05, 0.1) is 17.1 Å². The smallest absolute Gasteiger partial charge is 0.275 e. The Morgan fingerprint density at radius 1 is 1.06 bits per heavy atom. The van der Waals surface area contributed by atoms with Crippen molar-refractivity contribution in [3.05, 3.63) is 86.7 Å². The van der Waals surface area contributed by atoms with E-state index in [1.54, 1.807) is 4.57 Å². The Labute approximate surface area is 188 Å². The Balaban J connectivity index is 1.33. The summed E-state index contributed by atoms with van der Waals surface area (Å²) in [6.07, 6.45) is 6.07. The Kier molecular flexibility index (Phi) is 5.40. The lowest BCUT2D eigenvalue weighted by molar-refractivity contribution is -0.122. The molecule has 2 heterocycles. The molecule has 4 aromatic rings. The highest BCUT2D eigenvalue weighted by atomic mass is 79.9. The Morgan fingerprint density at radius 3 is 2.84 bits per heavy atom. The number of benzene rings is 2. The van der Waals surface area contributed by atoms with Crippen molar-refractivity contribution in [1.82, 2.24) is 14.3 Å². The molecule has 6 heteroatoms. The number of hydrogen-bond donors (Lipinski definition) is 1. The van der Waals surface area contributed by atoms with Gasteiger partial charge < -0.3 is 14.3 Å². The molecule has 1 N–H and O–H groups in total. The van der Waals surface area contributed by atoms with Crippen LogP contribution >= 0.6 is 15.9 Å². The fraction of sp³-hybridized carbons (Fsp3) is 0.280. The lowest BCUT2D eigenvalue weighted by atomic mass is 9.87. The number of aryl methyl sites for hydroxylation is 2. The standard InChI is InChI=1S/C25H24BrN3O2/c26-18-12-13-21-23(16-18)29(25(31)22-10-4-14-28(21)22)15-5-11-24(30)27-20-9-3-7-17-6-1-2-8-19(17)20/h1-2,4,6,8,10,12-14,16,20H,3,5,7,9,11,15H2,(H,27,30)/t20-/m0/s1. The van der Waals surface area contributed by atoms with Crippen molar-refractivity contribution in [1.29, 1.82) is 0 Å². The molecule has 0 fully saturated rings. The van der Waals surface area contributed by atoms with E-state index in [0.29, 0.717) is 24.9 Å². The van der Waals surface area contributed by atoms with Gasteiger partial charge in [0.2, 0.25) is 5.91 Å². The summed E-state index contributed by atoms with van der Waals surface area (Å²) in [7, 11) is 0. The van der Waals surface area contributed by atoms with Crippen LogP contribution in [-0.4, -0.2) is 14.9 Å². The monoisotopic (exact) mass is 477 g/mol. The zero-order valence-electron chi connectivity index (χ0n) is 17.2. The van der Waals surface area contributed by atoms with Crippen molar-refractivity contribution in [2.75, 3.05) is 0 Å². The molecular formula is C25H24BrN3O2. The van der Waals surface area contributed by atoms with Crippen molar-refractivity contribution < 1.29 is 4.79 Å². The highest BCUT2D eigenvalue weighted by Crippen LogP contribution is 2.29. The van der Waals surface area contributed by atoms with Crippen LogP contribution in [0.2, 0.25) is 0 Å². The number of aromatic nitrogens is 2. The SMILES string of the molecule is O=C(CCCn1c(=O)c2cccn2c2ccc(Br)cc21)N[C@H]1CCCc2ccccc21. The first-order valence-corrected chi connectivity index (χ1v) is 11.6. The van der Waals surface area contributed by atoms with Gasteiger partial charge in [-0.3, -0.25) is 9.59 Å². The number of halogens is 1. The molecule has 0 spiro atoms. The lowest BCUT2D eigenvalue weighted by Crippen LogP contribution is -2.31. The van der Waals surface area contributed by atoms with Crippen molar-refractivity contribution in [2.45, 2.75) is 44.7 Å². The van der Waals surface area contributed by atoms with Crippen molar-refractivity contribution in [2.24, 2.45) is 0 Å². The third-order valence-electron chi connectivity index (χ3n) is 6.19. The zero-order chi connectivity index (χ0) is 21.4. The van der Waals surface area contributed by atoms with Gasteiger partial charge in [-0.05, 0) is 67.1 Å².